The van der Waals surface area contributed by atoms with Gasteiger partial charge in [0.1, 0.15) is 12.4 Å². The molecular formula is C26H20Br5N3O3. The van der Waals surface area contributed by atoms with E-state index in [1.807, 2.05) is 44.2 Å². The number of methoxy groups -OCH3 is 1. The van der Waals surface area contributed by atoms with Gasteiger partial charge >= 0.3 is 0 Å². The van der Waals surface area contributed by atoms with Crippen molar-refractivity contribution >= 4 is 96.8 Å². The summed E-state index contributed by atoms with van der Waals surface area (Å²) in [5, 5.41) is 5.02. The van der Waals surface area contributed by atoms with E-state index < -0.39 is 0 Å². The zero-order chi connectivity index (χ0) is 26.9. The quantitative estimate of drug-likeness (QED) is 0.175. The summed E-state index contributed by atoms with van der Waals surface area (Å²) < 4.78 is 17.2. The Kier molecular flexibility index (Phi) is 9.32. The van der Waals surface area contributed by atoms with Crippen LogP contribution < -0.4 is 15.0 Å². The van der Waals surface area contributed by atoms with Crippen LogP contribution in [0.5, 0.6) is 11.5 Å². The number of hydrogen-bond donors (Lipinski definition) is 0. The minimum absolute atomic E-state index is 0.0173. The Labute approximate surface area is 256 Å². The molecule has 0 spiro atoms. The molecule has 3 aromatic carbocycles. The fourth-order valence-corrected chi connectivity index (χ4v) is 6.00. The maximum Gasteiger partial charge on any atom is 0.282 e. The zero-order valence-corrected chi connectivity index (χ0v) is 27.8. The fourth-order valence-electron chi connectivity index (χ4n) is 3.54. The maximum absolute atomic E-state index is 13.3. The summed E-state index contributed by atoms with van der Waals surface area (Å²) >= 11 is 17.7. The Balaban J connectivity index is 1.73. The molecule has 1 aromatic heterocycles. The largest absolute Gasteiger partial charge is 0.493 e. The highest BCUT2D eigenvalue weighted by molar-refractivity contribution is 9.13. The van der Waals surface area contributed by atoms with Gasteiger partial charge in [-0.25, -0.2) is 4.98 Å². The SMILES string of the molecule is COc1cc(C=Nn2c(C(C)C)nc3ccc(Br)cc3c2=O)c(Br)c(Br)c1OCc1ccc(Br)cc1Br. The summed E-state index contributed by atoms with van der Waals surface area (Å²) in [4.78, 5) is 18.0. The molecule has 192 valence electrons. The standard InChI is InChI=1S/C26H20Br5N3O3/c1-13(2)25-33-20-7-6-16(27)9-18(20)26(35)34(25)32-11-15-8-21(36-3)24(23(31)22(15)30)37-12-14-4-5-17(28)10-19(14)29/h4-11,13H,12H2,1-3H3. The summed E-state index contributed by atoms with van der Waals surface area (Å²) in [6.45, 7) is 4.28. The van der Waals surface area contributed by atoms with Crippen molar-refractivity contribution in [3.8, 4) is 11.5 Å². The van der Waals surface area contributed by atoms with Crippen LogP contribution in [0.25, 0.3) is 10.9 Å². The number of aromatic nitrogens is 2. The lowest BCUT2D eigenvalue weighted by Crippen LogP contribution is -2.23. The van der Waals surface area contributed by atoms with Crippen LogP contribution >= 0.6 is 79.6 Å². The number of benzene rings is 3. The van der Waals surface area contributed by atoms with Gasteiger partial charge in [-0.15, -0.1) is 0 Å². The van der Waals surface area contributed by atoms with Crippen molar-refractivity contribution in [1.29, 1.82) is 0 Å². The second-order valence-corrected chi connectivity index (χ2v) is 12.6. The van der Waals surface area contributed by atoms with E-state index in [0.29, 0.717) is 49.3 Å². The molecular weight excluding hydrogens is 802 g/mol. The van der Waals surface area contributed by atoms with Crippen molar-refractivity contribution in [2.45, 2.75) is 26.4 Å². The highest BCUT2D eigenvalue weighted by atomic mass is 79.9. The summed E-state index contributed by atoms with van der Waals surface area (Å²) in [7, 11) is 1.57. The van der Waals surface area contributed by atoms with E-state index in [-0.39, 0.29) is 11.5 Å². The lowest BCUT2D eigenvalue weighted by atomic mass is 10.2. The highest BCUT2D eigenvalue weighted by Gasteiger charge is 2.18. The molecule has 0 N–H and O–H groups in total. The molecule has 0 atom stereocenters. The van der Waals surface area contributed by atoms with Gasteiger partial charge in [-0.1, -0.05) is 67.7 Å². The lowest BCUT2D eigenvalue weighted by Gasteiger charge is -2.16. The van der Waals surface area contributed by atoms with Gasteiger partial charge in [0, 0.05) is 34.9 Å². The van der Waals surface area contributed by atoms with Crippen molar-refractivity contribution in [2.24, 2.45) is 5.10 Å². The maximum atomic E-state index is 13.3. The number of hydrogen-bond acceptors (Lipinski definition) is 5. The number of rotatable bonds is 7. The lowest BCUT2D eigenvalue weighted by molar-refractivity contribution is 0.281. The molecule has 11 heteroatoms. The summed E-state index contributed by atoms with van der Waals surface area (Å²) in [6.07, 6.45) is 1.60. The normalized spacial score (nSPS) is 11.6. The molecule has 0 unspecified atom stereocenters. The molecule has 4 rings (SSSR count). The molecule has 0 aliphatic carbocycles. The molecule has 1 heterocycles. The van der Waals surface area contributed by atoms with Gasteiger partial charge < -0.3 is 9.47 Å². The van der Waals surface area contributed by atoms with E-state index in [1.165, 1.54) is 4.68 Å². The van der Waals surface area contributed by atoms with Crippen LogP contribution in [0.2, 0.25) is 0 Å². The molecule has 0 aliphatic rings. The van der Waals surface area contributed by atoms with Gasteiger partial charge in [-0.05, 0) is 68.3 Å². The van der Waals surface area contributed by atoms with Crippen molar-refractivity contribution < 1.29 is 9.47 Å². The van der Waals surface area contributed by atoms with E-state index >= 15 is 0 Å². The Morgan fingerprint density at radius 2 is 1.70 bits per heavy atom. The minimum Gasteiger partial charge on any atom is -0.493 e. The second kappa shape index (κ2) is 12.1. The molecule has 0 saturated heterocycles. The van der Waals surface area contributed by atoms with Crippen molar-refractivity contribution in [3.63, 3.8) is 0 Å². The Hall–Kier alpha value is -1.53. The second-order valence-electron chi connectivity index (χ2n) is 8.30. The van der Waals surface area contributed by atoms with Crippen LogP contribution in [-0.2, 0) is 6.61 Å². The van der Waals surface area contributed by atoms with Crippen LogP contribution in [0.4, 0.5) is 0 Å². The van der Waals surface area contributed by atoms with Gasteiger partial charge in [0.15, 0.2) is 11.5 Å². The molecule has 0 fully saturated rings. The van der Waals surface area contributed by atoms with E-state index in [4.69, 9.17) is 14.5 Å². The molecule has 4 aromatic rings. The number of ether oxygens (including phenoxy) is 2. The minimum atomic E-state index is -0.242. The van der Waals surface area contributed by atoms with Gasteiger partial charge in [-0.3, -0.25) is 4.79 Å². The van der Waals surface area contributed by atoms with E-state index in [2.05, 4.69) is 84.8 Å². The topological polar surface area (TPSA) is 65.7 Å². The fraction of sp³-hybridized carbons (Fsp3) is 0.192. The monoisotopic (exact) mass is 817 g/mol. The average molecular weight is 822 g/mol. The van der Waals surface area contributed by atoms with E-state index in [0.717, 1.165) is 19.0 Å². The van der Waals surface area contributed by atoms with Crippen molar-refractivity contribution in [2.75, 3.05) is 7.11 Å². The Morgan fingerprint density at radius 3 is 2.38 bits per heavy atom. The van der Waals surface area contributed by atoms with Crippen molar-refractivity contribution in [3.05, 3.63) is 92.1 Å². The first-order chi connectivity index (χ1) is 17.6. The number of nitrogens with zero attached hydrogens (tertiary/aromatic N) is 3. The number of fused-ring (bicyclic) bond motifs is 1. The van der Waals surface area contributed by atoms with Gasteiger partial charge in [-0.2, -0.15) is 9.78 Å². The molecule has 6 nitrogen and oxygen atoms in total. The van der Waals surface area contributed by atoms with Crippen LogP contribution in [0.3, 0.4) is 0 Å². The first-order valence-corrected chi connectivity index (χ1v) is 15.0. The first kappa shape index (κ1) is 28.5. The molecule has 0 saturated carbocycles. The highest BCUT2D eigenvalue weighted by Crippen LogP contribution is 2.43. The molecule has 0 bridgehead atoms. The summed E-state index contributed by atoms with van der Waals surface area (Å²) in [6, 6.07) is 13.1. The van der Waals surface area contributed by atoms with E-state index in [9.17, 15) is 4.79 Å². The molecule has 0 aliphatic heterocycles. The molecule has 37 heavy (non-hydrogen) atoms. The molecule has 0 radical (unpaired) electrons. The first-order valence-electron chi connectivity index (χ1n) is 11.0. The van der Waals surface area contributed by atoms with Gasteiger partial charge in [0.05, 0.1) is 28.7 Å². The predicted octanol–water partition coefficient (Wildman–Crippen LogP) is 8.80. The van der Waals surface area contributed by atoms with Gasteiger partial charge in [0.25, 0.3) is 5.56 Å². The summed E-state index contributed by atoms with van der Waals surface area (Å²) in [5.74, 6) is 1.61. The van der Waals surface area contributed by atoms with Crippen LogP contribution in [0.15, 0.2) is 74.7 Å². The molecule has 0 amide bonds. The van der Waals surface area contributed by atoms with Crippen LogP contribution in [0.1, 0.15) is 36.7 Å². The Bertz CT molecular complexity index is 1580. The van der Waals surface area contributed by atoms with E-state index in [1.54, 1.807) is 25.5 Å². The van der Waals surface area contributed by atoms with Crippen LogP contribution in [0, 0.1) is 0 Å². The third-order valence-corrected chi connectivity index (χ3v) is 9.29. The van der Waals surface area contributed by atoms with Crippen LogP contribution in [-0.4, -0.2) is 23.0 Å². The number of halogens is 5. The Morgan fingerprint density at radius 1 is 1.00 bits per heavy atom. The summed E-state index contributed by atoms with van der Waals surface area (Å²) in [5.41, 5.74) is 2.06. The smallest absolute Gasteiger partial charge is 0.282 e. The van der Waals surface area contributed by atoms with Gasteiger partial charge in [0.2, 0.25) is 0 Å². The van der Waals surface area contributed by atoms with Crippen molar-refractivity contribution in [1.82, 2.24) is 9.66 Å². The zero-order valence-electron chi connectivity index (χ0n) is 19.9. The average Bonchev–Trinajstić information content (AvgIpc) is 2.86. The third kappa shape index (κ3) is 6.21. The predicted molar refractivity (Wildman–Crippen MR) is 165 cm³/mol. The third-order valence-electron chi connectivity index (χ3n) is 5.43.